The van der Waals surface area contributed by atoms with Crippen molar-refractivity contribution >= 4 is 0 Å². The number of hydrogen-bond donors (Lipinski definition) is 2. The molecule has 0 unspecified atom stereocenters. The molecule has 0 rings (SSSR count). The summed E-state index contributed by atoms with van der Waals surface area (Å²) in [6.45, 7) is 5.67. The summed E-state index contributed by atoms with van der Waals surface area (Å²) in [5.74, 6) is 3.50. The fourth-order valence-corrected chi connectivity index (χ4v) is 0.204. The zero-order valence-corrected chi connectivity index (χ0v) is 4.85. The van der Waals surface area contributed by atoms with E-state index >= 15 is 0 Å². The average Bonchev–Trinajstić information content (AvgIpc) is 1.75. The standard InChI is InChI=1S/C4H10O.H3NO/c1-3-5-4-2;1-2/h3-4H2,1-2H3;2H,1H2. The molecule has 0 aromatic carbocycles. The van der Waals surface area contributed by atoms with E-state index in [9.17, 15) is 0 Å². The van der Waals surface area contributed by atoms with Crippen molar-refractivity contribution in [2.45, 2.75) is 13.8 Å². The third kappa shape index (κ3) is 25.0. The zero-order chi connectivity index (χ0) is 6.12. The molecule has 7 heavy (non-hydrogen) atoms. The fourth-order valence-electron chi connectivity index (χ4n) is 0.204. The van der Waals surface area contributed by atoms with Gasteiger partial charge in [-0.25, -0.2) is 5.90 Å². The maximum Gasteiger partial charge on any atom is 0.0437 e. The number of nitrogens with two attached hydrogens (primary N) is 1. The first-order valence-electron chi connectivity index (χ1n) is 2.25. The summed E-state index contributed by atoms with van der Waals surface area (Å²) < 4.78 is 4.83. The van der Waals surface area contributed by atoms with Crippen molar-refractivity contribution in [1.29, 1.82) is 0 Å². The van der Waals surface area contributed by atoms with Crippen molar-refractivity contribution in [3.05, 3.63) is 0 Å². The summed E-state index contributed by atoms with van der Waals surface area (Å²) in [7, 11) is 0. The number of hydrogen-bond acceptors (Lipinski definition) is 3. The van der Waals surface area contributed by atoms with E-state index < -0.39 is 0 Å². The summed E-state index contributed by atoms with van der Waals surface area (Å²) in [5, 5.41) is 6.50. The Labute approximate surface area is 44.0 Å². The van der Waals surface area contributed by atoms with E-state index in [-0.39, 0.29) is 0 Å². The van der Waals surface area contributed by atoms with Crippen LogP contribution in [-0.4, -0.2) is 18.4 Å². The molecular weight excluding hydrogens is 94.0 g/mol. The van der Waals surface area contributed by atoms with E-state index in [1.165, 1.54) is 0 Å². The molecule has 3 heteroatoms. The van der Waals surface area contributed by atoms with Crippen LogP contribution >= 0.6 is 0 Å². The van der Waals surface area contributed by atoms with Crippen molar-refractivity contribution in [2.24, 2.45) is 5.90 Å². The molecule has 0 aliphatic heterocycles. The number of ether oxygens (including phenoxy) is 1. The smallest absolute Gasteiger partial charge is 0.0437 e. The topological polar surface area (TPSA) is 55.5 Å². The minimum absolute atomic E-state index is 0.844. The number of rotatable bonds is 2. The molecule has 3 N–H and O–H groups in total. The van der Waals surface area contributed by atoms with Crippen LogP contribution in [0.5, 0.6) is 0 Å². The van der Waals surface area contributed by atoms with Crippen molar-refractivity contribution in [3.63, 3.8) is 0 Å². The Kier molecular flexibility index (Phi) is 24.1. The van der Waals surface area contributed by atoms with Crippen molar-refractivity contribution < 1.29 is 9.94 Å². The van der Waals surface area contributed by atoms with E-state index in [0.29, 0.717) is 0 Å². The first-order valence-corrected chi connectivity index (χ1v) is 2.25. The predicted octanol–water partition coefficient (Wildman–Crippen LogP) is 0.377. The van der Waals surface area contributed by atoms with Crippen LogP contribution in [-0.2, 0) is 4.74 Å². The van der Waals surface area contributed by atoms with E-state index in [2.05, 4.69) is 5.90 Å². The Morgan fingerprint density at radius 2 is 1.57 bits per heavy atom. The van der Waals surface area contributed by atoms with Crippen LogP contribution in [0.2, 0.25) is 0 Å². The van der Waals surface area contributed by atoms with Crippen LogP contribution in [0.25, 0.3) is 0 Å². The van der Waals surface area contributed by atoms with Crippen molar-refractivity contribution in [3.8, 4) is 0 Å². The lowest BCUT2D eigenvalue weighted by molar-refractivity contribution is 0.162. The molecule has 0 aromatic rings. The Morgan fingerprint density at radius 1 is 1.29 bits per heavy atom. The third-order valence-corrected chi connectivity index (χ3v) is 0.408. The van der Waals surface area contributed by atoms with Gasteiger partial charge in [-0.05, 0) is 13.8 Å². The lowest BCUT2D eigenvalue weighted by Crippen LogP contribution is -1.84. The van der Waals surface area contributed by atoms with Crippen LogP contribution in [0, 0.1) is 0 Å². The second kappa shape index (κ2) is 16.9. The predicted molar refractivity (Wildman–Crippen MR) is 28.1 cm³/mol. The van der Waals surface area contributed by atoms with Crippen LogP contribution in [0.15, 0.2) is 0 Å². The minimum atomic E-state index is 0.844. The first-order chi connectivity index (χ1) is 3.41. The van der Waals surface area contributed by atoms with Gasteiger partial charge in [0, 0.05) is 13.2 Å². The van der Waals surface area contributed by atoms with Crippen LogP contribution < -0.4 is 5.90 Å². The highest BCUT2D eigenvalue weighted by Crippen LogP contribution is 1.64. The Hall–Kier alpha value is -0.120. The molecule has 0 fully saturated rings. The van der Waals surface area contributed by atoms with Gasteiger partial charge in [0.05, 0.1) is 0 Å². The SMILES string of the molecule is CCOCC.NO. The molecule has 0 radical (unpaired) electrons. The molecule has 3 nitrogen and oxygen atoms in total. The summed E-state index contributed by atoms with van der Waals surface area (Å²) >= 11 is 0. The molecule has 0 spiro atoms. The Morgan fingerprint density at radius 3 is 1.57 bits per heavy atom. The van der Waals surface area contributed by atoms with Crippen LogP contribution in [0.1, 0.15) is 13.8 Å². The third-order valence-electron chi connectivity index (χ3n) is 0.408. The maximum atomic E-state index is 6.50. The summed E-state index contributed by atoms with van der Waals surface area (Å²) in [5.41, 5.74) is 0. The van der Waals surface area contributed by atoms with Gasteiger partial charge in [0.15, 0.2) is 0 Å². The molecule has 0 aliphatic carbocycles. The summed E-state index contributed by atoms with van der Waals surface area (Å²) in [6.07, 6.45) is 0. The molecule has 46 valence electrons. The summed E-state index contributed by atoms with van der Waals surface area (Å²) in [6, 6.07) is 0. The van der Waals surface area contributed by atoms with Crippen molar-refractivity contribution in [2.75, 3.05) is 13.2 Å². The summed E-state index contributed by atoms with van der Waals surface area (Å²) in [4.78, 5) is 0. The van der Waals surface area contributed by atoms with Crippen LogP contribution in [0.3, 0.4) is 0 Å². The molecule has 0 saturated carbocycles. The highest BCUT2D eigenvalue weighted by Gasteiger charge is 1.64. The van der Waals surface area contributed by atoms with Crippen LogP contribution in [0.4, 0.5) is 0 Å². The highest BCUT2D eigenvalue weighted by atomic mass is 16.5. The zero-order valence-electron chi connectivity index (χ0n) is 4.85. The van der Waals surface area contributed by atoms with E-state index in [0.717, 1.165) is 13.2 Å². The molecular formula is C4H13NO2. The maximum absolute atomic E-state index is 6.50. The molecule has 0 bridgehead atoms. The van der Waals surface area contributed by atoms with E-state index in [1.807, 2.05) is 13.8 Å². The van der Waals surface area contributed by atoms with Gasteiger partial charge in [0.25, 0.3) is 0 Å². The van der Waals surface area contributed by atoms with Gasteiger partial charge in [-0.3, -0.25) is 0 Å². The van der Waals surface area contributed by atoms with Gasteiger partial charge in [-0.1, -0.05) is 0 Å². The Balaban J connectivity index is 0. The van der Waals surface area contributed by atoms with E-state index in [1.54, 1.807) is 0 Å². The normalized spacial score (nSPS) is 6.86. The van der Waals surface area contributed by atoms with Crippen molar-refractivity contribution in [1.82, 2.24) is 0 Å². The monoisotopic (exact) mass is 107 g/mol. The second-order valence-electron chi connectivity index (χ2n) is 0.781. The molecule has 0 aliphatic rings. The van der Waals surface area contributed by atoms with Gasteiger partial charge in [-0.2, -0.15) is 0 Å². The van der Waals surface area contributed by atoms with Gasteiger partial charge in [0.2, 0.25) is 0 Å². The molecule has 0 amide bonds. The molecule has 0 saturated heterocycles. The molecule has 0 heterocycles. The van der Waals surface area contributed by atoms with Gasteiger partial charge < -0.3 is 9.94 Å². The van der Waals surface area contributed by atoms with Gasteiger partial charge >= 0.3 is 0 Å². The second-order valence-corrected chi connectivity index (χ2v) is 0.781. The quantitative estimate of drug-likeness (QED) is 0.501. The highest BCUT2D eigenvalue weighted by molar-refractivity contribution is 4.07. The van der Waals surface area contributed by atoms with Gasteiger partial charge in [-0.15, -0.1) is 0 Å². The first kappa shape index (κ1) is 9.99. The fraction of sp³-hybridized carbons (Fsp3) is 1.00. The lowest BCUT2D eigenvalue weighted by Gasteiger charge is -1.86. The van der Waals surface area contributed by atoms with E-state index in [4.69, 9.17) is 9.94 Å². The lowest BCUT2D eigenvalue weighted by atomic mass is 10.8. The molecule has 0 aromatic heterocycles. The Bertz CT molecular complexity index is 17.2. The average molecular weight is 107 g/mol. The largest absolute Gasteiger partial charge is 0.382 e. The minimum Gasteiger partial charge on any atom is -0.382 e. The van der Waals surface area contributed by atoms with Gasteiger partial charge in [0.1, 0.15) is 0 Å². The molecule has 0 atom stereocenters.